The Morgan fingerprint density at radius 2 is 1.73 bits per heavy atom. The molecule has 0 unspecified atom stereocenters. The van der Waals surface area contributed by atoms with Crippen LogP contribution < -0.4 is 29.1 Å². The summed E-state index contributed by atoms with van der Waals surface area (Å²) < 4.78 is 24.3. The van der Waals surface area contributed by atoms with E-state index in [0.717, 1.165) is 16.9 Å². The standard InChI is InChI=1S/C32H30N2O6S/c1-5-39-31(36)28-20(2)33-32-34(29(28)25-16-15-24(37-3)18-26(25)38-4)30(35)27(41-32)17-21-11-13-23(14-12-21)40-19-22-9-7-6-8-10-22/h6-18,29H,5,19H2,1-4H3/t29-/m0/s1. The molecule has 2 heterocycles. The van der Waals surface area contributed by atoms with E-state index < -0.39 is 12.0 Å². The normalized spacial score (nSPS) is 14.7. The molecule has 0 N–H and O–H groups in total. The van der Waals surface area contributed by atoms with E-state index in [1.165, 1.54) is 23.0 Å². The fraction of sp³-hybridized carbons (Fsp3) is 0.219. The molecule has 1 aromatic heterocycles. The second-order valence-electron chi connectivity index (χ2n) is 9.25. The predicted molar refractivity (Wildman–Crippen MR) is 157 cm³/mol. The van der Waals surface area contributed by atoms with Gasteiger partial charge in [0.05, 0.1) is 36.6 Å². The van der Waals surface area contributed by atoms with Gasteiger partial charge in [-0.2, -0.15) is 0 Å². The lowest BCUT2D eigenvalue weighted by atomic mass is 9.95. The molecule has 8 nitrogen and oxygen atoms in total. The van der Waals surface area contributed by atoms with Gasteiger partial charge in [-0.15, -0.1) is 0 Å². The molecule has 0 bridgehead atoms. The number of benzene rings is 3. The third-order valence-electron chi connectivity index (χ3n) is 6.68. The summed E-state index contributed by atoms with van der Waals surface area (Å²) in [5, 5.41) is 0. The summed E-state index contributed by atoms with van der Waals surface area (Å²) in [5.41, 5.74) is 3.04. The number of nitrogens with zero attached hydrogens (tertiary/aromatic N) is 2. The maximum absolute atomic E-state index is 13.9. The minimum atomic E-state index is -0.790. The molecule has 0 saturated carbocycles. The third-order valence-corrected chi connectivity index (χ3v) is 7.66. The minimum absolute atomic E-state index is 0.192. The van der Waals surface area contributed by atoms with E-state index >= 15 is 0 Å². The maximum Gasteiger partial charge on any atom is 0.338 e. The van der Waals surface area contributed by atoms with Crippen molar-refractivity contribution < 1.29 is 23.7 Å². The summed E-state index contributed by atoms with van der Waals surface area (Å²) in [6.07, 6.45) is 1.82. The zero-order valence-electron chi connectivity index (χ0n) is 23.2. The topological polar surface area (TPSA) is 88.4 Å². The molecule has 4 aromatic rings. The molecule has 0 aliphatic carbocycles. The molecule has 210 valence electrons. The molecular weight excluding hydrogens is 540 g/mol. The summed E-state index contributed by atoms with van der Waals surface area (Å²) in [6, 6.07) is 22.0. The van der Waals surface area contributed by atoms with Crippen LogP contribution >= 0.6 is 11.3 Å². The number of hydrogen-bond acceptors (Lipinski definition) is 8. The van der Waals surface area contributed by atoms with E-state index in [-0.39, 0.29) is 17.7 Å². The van der Waals surface area contributed by atoms with Crippen molar-refractivity contribution in [1.82, 2.24) is 4.57 Å². The second kappa shape index (κ2) is 12.3. The molecule has 1 aliphatic heterocycles. The number of carbonyl (C=O) groups excluding carboxylic acids is 1. The number of esters is 1. The highest BCUT2D eigenvalue weighted by Gasteiger charge is 2.35. The molecule has 3 aromatic carbocycles. The van der Waals surface area contributed by atoms with Crippen LogP contribution in [0.5, 0.6) is 17.2 Å². The molecule has 0 amide bonds. The van der Waals surface area contributed by atoms with Crippen molar-refractivity contribution in [3.8, 4) is 17.2 Å². The number of hydrogen-bond donors (Lipinski definition) is 0. The van der Waals surface area contributed by atoms with Gasteiger partial charge in [-0.3, -0.25) is 9.36 Å². The molecular formula is C32H30N2O6S. The van der Waals surface area contributed by atoms with E-state index in [4.69, 9.17) is 18.9 Å². The van der Waals surface area contributed by atoms with Gasteiger partial charge in [-0.1, -0.05) is 53.8 Å². The van der Waals surface area contributed by atoms with Crippen LogP contribution in [-0.4, -0.2) is 31.4 Å². The highest BCUT2D eigenvalue weighted by molar-refractivity contribution is 7.07. The van der Waals surface area contributed by atoms with E-state index in [1.807, 2.05) is 60.7 Å². The lowest BCUT2D eigenvalue weighted by Gasteiger charge is -2.26. The van der Waals surface area contributed by atoms with Gasteiger partial charge >= 0.3 is 5.97 Å². The predicted octanol–water partition coefficient (Wildman–Crippen LogP) is 4.39. The number of allylic oxidation sites excluding steroid dienone is 1. The van der Waals surface area contributed by atoms with Crippen LogP contribution in [0, 0.1) is 0 Å². The Morgan fingerprint density at radius 1 is 1.00 bits per heavy atom. The highest BCUT2D eigenvalue weighted by atomic mass is 32.1. The van der Waals surface area contributed by atoms with Crippen molar-refractivity contribution in [2.75, 3.05) is 20.8 Å². The smallest absolute Gasteiger partial charge is 0.338 e. The SMILES string of the molecule is CCOC(=O)C1=C(C)N=c2sc(=Cc3ccc(OCc4ccccc4)cc3)c(=O)n2[C@H]1c1ccc(OC)cc1OC. The Kier molecular flexibility index (Phi) is 8.35. The fourth-order valence-electron chi connectivity index (χ4n) is 4.68. The van der Waals surface area contributed by atoms with E-state index in [9.17, 15) is 9.59 Å². The second-order valence-corrected chi connectivity index (χ2v) is 10.3. The lowest BCUT2D eigenvalue weighted by Crippen LogP contribution is -2.40. The number of aromatic nitrogens is 1. The van der Waals surface area contributed by atoms with Gasteiger partial charge < -0.3 is 18.9 Å². The van der Waals surface area contributed by atoms with Gasteiger partial charge in [-0.25, -0.2) is 9.79 Å². The first-order valence-electron chi connectivity index (χ1n) is 13.1. The Morgan fingerprint density at radius 3 is 2.41 bits per heavy atom. The molecule has 0 fully saturated rings. The van der Waals surface area contributed by atoms with Crippen LogP contribution in [0.3, 0.4) is 0 Å². The van der Waals surface area contributed by atoms with Crippen LogP contribution in [0.25, 0.3) is 6.08 Å². The summed E-state index contributed by atoms with van der Waals surface area (Å²) in [7, 11) is 3.10. The van der Waals surface area contributed by atoms with Crippen LogP contribution in [0.2, 0.25) is 0 Å². The van der Waals surface area contributed by atoms with E-state index in [2.05, 4.69) is 4.99 Å². The zero-order valence-corrected chi connectivity index (χ0v) is 24.1. The van der Waals surface area contributed by atoms with Crippen molar-refractivity contribution >= 4 is 23.4 Å². The Labute approximate surface area is 241 Å². The first kappa shape index (κ1) is 27.9. The van der Waals surface area contributed by atoms with Gasteiger partial charge in [0.2, 0.25) is 0 Å². The van der Waals surface area contributed by atoms with Crippen LogP contribution in [0.1, 0.15) is 36.6 Å². The Bertz CT molecular complexity index is 1770. The minimum Gasteiger partial charge on any atom is -0.497 e. The number of carbonyl (C=O) groups is 1. The van der Waals surface area contributed by atoms with E-state index in [1.54, 1.807) is 39.2 Å². The average Bonchev–Trinajstić information content (AvgIpc) is 3.30. The molecule has 1 aliphatic rings. The lowest BCUT2D eigenvalue weighted by molar-refractivity contribution is -0.139. The summed E-state index contributed by atoms with van der Waals surface area (Å²) in [5.74, 6) is 1.27. The first-order valence-corrected chi connectivity index (χ1v) is 13.9. The van der Waals surface area contributed by atoms with Gasteiger partial charge in [-0.05, 0) is 55.3 Å². The van der Waals surface area contributed by atoms with Crippen molar-refractivity contribution in [2.45, 2.75) is 26.5 Å². The average molecular weight is 571 g/mol. The molecule has 0 saturated heterocycles. The number of thiazole rings is 1. The van der Waals surface area contributed by atoms with E-state index in [0.29, 0.717) is 38.7 Å². The Hall–Kier alpha value is -4.63. The quantitative estimate of drug-likeness (QED) is 0.277. The maximum atomic E-state index is 13.9. The zero-order chi connectivity index (χ0) is 28.9. The summed E-state index contributed by atoms with van der Waals surface area (Å²) in [4.78, 5) is 32.2. The van der Waals surface area contributed by atoms with Crippen LogP contribution in [-0.2, 0) is 16.1 Å². The van der Waals surface area contributed by atoms with Gasteiger partial charge in [0.25, 0.3) is 5.56 Å². The third kappa shape index (κ3) is 5.81. The van der Waals surface area contributed by atoms with Crippen molar-refractivity contribution in [2.24, 2.45) is 4.99 Å². The van der Waals surface area contributed by atoms with Gasteiger partial charge in [0, 0.05) is 11.6 Å². The number of methoxy groups -OCH3 is 2. The molecule has 0 spiro atoms. The number of fused-ring (bicyclic) bond motifs is 1. The van der Waals surface area contributed by atoms with Gasteiger partial charge in [0.1, 0.15) is 29.9 Å². The first-order chi connectivity index (χ1) is 19.9. The van der Waals surface area contributed by atoms with Gasteiger partial charge in [0.15, 0.2) is 4.80 Å². The van der Waals surface area contributed by atoms with Crippen molar-refractivity contribution in [3.05, 3.63) is 120 Å². The molecule has 9 heteroatoms. The highest BCUT2D eigenvalue weighted by Crippen LogP contribution is 2.37. The van der Waals surface area contributed by atoms with Crippen LogP contribution in [0.15, 0.2) is 93.9 Å². The monoisotopic (exact) mass is 570 g/mol. The Balaban J connectivity index is 1.55. The molecule has 0 radical (unpaired) electrons. The summed E-state index contributed by atoms with van der Waals surface area (Å²) in [6.45, 7) is 4.15. The summed E-state index contributed by atoms with van der Waals surface area (Å²) >= 11 is 1.26. The largest absolute Gasteiger partial charge is 0.497 e. The number of ether oxygens (including phenoxy) is 4. The molecule has 1 atom stereocenters. The fourth-order valence-corrected chi connectivity index (χ4v) is 5.73. The van der Waals surface area contributed by atoms with Crippen molar-refractivity contribution in [1.29, 1.82) is 0 Å². The number of rotatable bonds is 9. The molecule has 41 heavy (non-hydrogen) atoms. The molecule has 5 rings (SSSR count). The van der Waals surface area contributed by atoms with Crippen LogP contribution in [0.4, 0.5) is 0 Å². The van der Waals surface area contributed by atoms with Crippen molar-refractivity contribution in [3.63, 3.8) is 0 Å².